The van der Waals surface area contributed by atoms with E-state index in [-0.39, 0.29) is 5.54 Å². The number of hydrogen-bond acceptors (Lipinski definition) is 2. The molecule has 0 radical (unpaired) electrons. The maximum absolute atomic E-state index is 4.45. The van der Waals surface area contributed by atoms with Gasteiger partial charge in [-0.2, -0.15) is 5.10 Å². The minimum absolute atomic E-state index is 0.252. The van der Waals surface area contributed by atoms with E-state index < -0.39 is 0 Å². The molecule has 0 unspecified atom stereocenters. The molecule has 1 fully saturated rings. The zero-order chi connectivity index (χ0) is 14.0. The molecule has 0 spiro atoms. The minimum atomic E-state index is 0.252. The largest absolute Gasteiger partial charge is 0.307 e. The highest BCUT2D eigenvalue weighted by Crippen LogP contribution is 2.39. The van der Waals surface area contributed by atoms with Crippen LogP contribution in [0.5, 0.6) is 0 Å². The van der Waals surface area contributed by atoms with Crippen molar-refractivity contribution in [1.82, 2.24) is 15.1 Å². The third-order valence-corrected chi connectivity index (χ3v) is 4.22. The summed E-state index contributed by atoms with van der Waals surface area (Å²) in [6, 6.07) is 10.5. The number of benzene rings is 1. The van der Waals surface area contributed by atoms with E-state index >= 15 is 0 Å². The van der Waals surface area contributed by atoms with Gasteiger partial charge >= 0.3 is 0 Å². The molecule has 1 N–H and O–H groups in total. The maximum Gasteiger partial charge on any atom is 0.0659 e. The number of rotatable bonds is 6. The van der Waals surface area contributed by atoms with Crippen LogP contribution in [0.15, 0.2) is 42.7 Å². The number of aromatic nitrogens is 2. The molecule has 0 aliphatic heterocycles. The van der Waals surface area contributed by atoms with Crippen molar-refractivity contribution >= 4 is 0 Å². The summed E-state index contributed by atoms with van der Waals surface area (Å²) in [6.07, 6.45) is 6.85. The van der Waals surface area contributed by atoms with Gasteiger partial charge in [-0.25, -0.2) is 0 Å². The maximum atomic E-state index is 4.45. The van der Waals surface area contributed by atoms with Crippen LogP contribution in [0.1, 0.15) is 37.8 Å². The molecule has 1 aliphatic carbocycles. The molecule has 20 heavy (non-hydrogen) atoms. The first kappa shape index (κ1) is 13.4. The first-order valence-electron chi connectivity index (χ1n) is 7.44. The predicted molar refractivity (Wildman–Crippen MR) is 81.4 cm³/mol. The smallest absolute Gasteiger partial charge is 0.0659 e. The summed E-state index contributed by atoms with van der Waals surface area (Å²) >= 11 is 0. The van der Waals surface area contributed by atoms with Crippen LogP contribution in [0.2, 0.25) is 0 Å². The van der Waals surface area contributed by atoms with Gasteiger partial charge in [0.25, 0.3) is 0 Å². The molecular weight excluding hydrogens is 246 g/mol. The van der Waals surface area contributed by atoms with Gasteiger partial charge in [0.1, 0.15) is 0 Å². The molecule has 3 heteroatoms. The number of hydrogen-bond donors (Lipinski definition) is 1. The standard InChI is InChI=1S/C17H23N3/c1-17(2,16-8-9-16)18-10-15-11-19-20(13-15)12-14-6-4-3-5-7-14/h3-7,11,13,16,18H,8-10,12H2,1-2H3. The Morgan fingerprint density at radius 2 is 1.95 bits per heavy atom. The average molecular weight is 269 g/mol. The van der Waals surface area contributed by atoms with Crippen molar-refractivity contribution < 1.29 is 0 Å². The third kappa shape index (κ3) is 3.28. The normalized spacial score (nSPS) is 15.5. The molecule has 1 aromatic heterocycles. The molecule has 3 nitrogen and oxygen atoms in total. The van der Waals surface area contributed by atoms with Gasteiger partial charge in [0.2, 0.25) is 0 Å². The van der Waals surface area contributed by atoms with E-state index in [0.717, 1.165) is 19.0 Å². The van der Waals surface area contributed by atoms with Crippen LogP contribution in [0.3, 0.4) is 0 Å². The fraction of sp³-hybridized carbons (Fsp3) is 0.471. The lowest BCUT2D eigenvalue weighted by Gasteiger charge is -2.25. The molecule has 1 heterocycles. The highest BCUT2D eigenvalue weighted by atomic mass is 15.3. The summed E-state index contributed by atoms with van der Waals surface area (Å²) in [4.78, 5) is 0. The zero-order valence-corrected chi connectivity index (χ0v) is 12.3. The number of nitrogens with zero attached hydrogens (tertiary/aromatic N) is 2. The Balaban J connectivity index is 1.57. The van der Waals surface area contributed by atoms with E-state index in [0.29, 0.717) is 0 Å². The van der Waals surface area contributed by atoms with Gasteiger partial charge in [-0.1, -0.05) is 30.3 Å². The van der Waals surface area contributed by atoms with Crippen LogP contribution in [0.4, 0.5) is 0 Å². The monoisotopic (exact) mass is 269 g/mol. The lowest BCUT2D eigenvalue weighted by atomic mass is 9.98. The fourth-order valence-corrected chi connectivity index (χ4v) is 2.63. The molecule has 3 rings (SSSR count). The highest BCUT2D eigenvalue weighted by molar-refractivity contribution is 5.15. The minimum Gasteiger partial charge on any atom is -0.307 e. The van der Waals surface area contributed by atoms with Gasteiger partial charge in [0.15, 0.2) is 0 Å². The zero-order valence-electron chi connectivity index (χ0n) is 12.3. The second-order valence-electron chi connectivity index (χ2n) is 6.38. The first-order valence-corrected chi connectivity index (χ1v) is 7.44. The molecule has 106 valence electrons. The quantitative estimate of drug-likeness (QED) is 0.872. The molecule has 1 aliphatic rings. The summed E-state index contributed by atoms with van der Waals surface area (Å²) in [7, 11) is 0. The second kappa shape index (κ2) is 5.41. The second-order valence-corrected chi connectivity index (χ2v) is 6.38. The first-order chi connectivity index (χ1) is 9.63. The van der Waals surface area contributed by atoms with Crippen molar-refractivity contribution in [1.29, 1.82) is 0 Å². The highest BCUT2D eigenvalue weighted by Gasteiger charge is 2.37. The third-order valence-electron chi connectivity index (χ3n) is 4.22. The fourth-order valence-electron chi connectivity index (χ4n) is 2.63. The van der Waals surface area contributed by atoms with Crippen LogP contribution in [0, 0.1) is 5.92 Å². The summed E-state index contributed by atoms with van der Waals surface area (Å²) in [5.74, 6) is 0.849. The molecule has 0 saturated heterocycles. The molecule has 0 bridgehead atoms. The Morgan fingerprint density at radius 1 is 1.20 bits per heavy atom. The van der Waals surface area contributed by atoms with E-state index in [2.05, 4.69) is 54.7 Å². The van der Waals surface area contributed by atoms with Crippen LogP contribution < -0.4 is 5.32 Å². The van der Waals surface area contributed by atoms with Crippen molar-refractivity contribution in [3.8, 4) is 0 Å². The summed E-state index contributed by atoms with van der Waals surface area (Å²) < 4.78 is 2.01. The van der Waals surface area contributed by atoms with Crippen LogP contribution in [-0.4, -0.2) is 15.3 Å². The number of nitrogens with one attached hydrogen (secondary N) is 1. The Bertz CT molecular complexity index is 553. The Labute approximate surface area is 121 Å². The van der Waals surface area contributed by atoms with Crippen molar-refractivity contribution in [3.05, 3.63) is 53.9 Å². The van der Waals surface area contributed by atoms with E-state index in [9.17, 15) is 0 Å². The van der Waals surface area contributed by atoms with Crippen molar-refractivity contribution in [2.75, 3.05) is 0 Å². The van der Waals surface area contributed by atoms with Gasteiger partial charge in [0, 0.05) is 23.8 Å². The Kier molecular flexibility index (Phi) is 3.62. The lowest BCUT2D eigenvalue weighted by Crippen LogP contribution is -2.40. The molecule has 2 aromatic rings. The van der Waals surface area contributed by atoms with Crippen molar-refractivity contribution in [2.24, 2.45) is 5.92 Å². The molecular formula is C17H23N3. The van der Waals surface area contributed by atoms with Crippen LogP contribution >= 0.6 is 0 Å². The SMILES string of the molecule is CC(C)(NCc1cnn(Cc2ccccc2)c1)C1CC1. The molecule has 0 atom stereocenters. The van der Waals surface area contributed by atoms with E-state index in [1.165, 1.54) is 24.0 Å². The van der Waals surface area contributed by atoms with Gasteiger partial charge in [-0.15, -0.1) is 0 Å². The van der Waals surface area contributed by atoms with E-state index in [4.69, 9.17) is 0 Å². The molecule has 1 saturated carbocycles. The van der Waals surface area contributed by atoms with Crippen LogP contribution in [-0.2, 0) is 13.1 Å². The van der Waals surface area contributed by atoms with Crippen LogP contribution in [0.25, 0.3) is 0 Å². The van der Waals surface area contributed by atoms with Crippen molar-refractivity contribution in [3.63, 3.8) is 0 Å². The van der Waals surface area contributed by atoms with Gasteiger partial charge in [-0.05, 0) is 38.2 Å². The summed E-state index contributed by atoms with van der Waals surface area (Å²) in [5, 5.41) is 8.11. The lowest BCUT2D eigenvalue weighted by molar-refractivity contribution is 0.339. The van der Waals surface area contributed by atoms with Gasteiger partial charge in [0.05, 0.1) is 12.7 Å². The average Bonchev–Trinajstić information content (AvgIpc) is 3.21. The van der Waals surface area contributed by atoms with E-state index in [1.54, 1.807) is 0 Å². The summed E-state index contributed by atoms with van der Waals surface area (Å²) in [6.45, 7) is 6.35. The summed E-state index contributed by atoms with van der Waals surface area (Å²) in [5.41, 5.74) is 2.80. The Hall–Kier alpha value is -1.61. The van der Waals surface area contributed by atoms with E-state index in [1.807, 2.05) is 16.9 Å². The van der Waals surface area contributed by atoms with Crippen molar-refractivity contribution in [2.45, 2.75) is 45.3 Å². The van der Waals surface area contributed by atoms with Gasteiger partial charge in [-0.3, -0.25) is 4.68 Å². The topological polar surface area (TPSA) is 29.9 Å². The van der Waals surface area contributed by atoms with Gasteiger partial charge < -0.3 is 5.32 Å². The molecule has 1 aromatic carbocycles. The molecule has 0 amide bonds. The Morgan fingerprint density at radius 3 is 2.65 bits per heavy atom. The predicted octanol–water partition coefficient (Wildman–Crippen LogP) is 3.21.